The second kappa shape index (κ2) is 13.5. The second-order valence-corrected chi connectivity index (χ2v) is 12.1. The number of hydrogen-bond donors (Lipinski definition) is 4. The van der Waals surface area contributed by atoms with Gasteiger partial charge in [0.25, 0.3) is 0 Å². The molecule has 7 nitrogen and oxygen atoms in total. The molecule has 0 aromatic heterocycles. The maximum atomic E-state index is 11.2. The van der Waals surface area contributed by atoms with Gasteiger partial charge in [0.05, 0.1) is 18.3 Å². The highest BCUT2D eigenvalue weighted by Crippen LogP contribution is 2.63. The van der Waals surface area contributed by atoms with Crippen molar-refractivity contribution in [1.82, 2.24) is 0 Å². The molecule has 35 heavy (non-hydrogen) atoms. The van der Waals surface area contributed by atoms with Crippen LogP contribution in [0.5, 0.6) is 0 Å². The first kappa shape index (κ1) is 29.3. The molecule has 7 N–H and O–H groups in total. The molecular formula is C28H55N3O4. The molecule has 3 aliphatic carbocycles. The lowest BCUT2D eigenvalue weighted by molar-refractivity contribution is -0.189. The molecule has 0 bridgehead atoms. The molecule has 3 saturated carbocycles. The van der Waals surface area contributed by atoms with Crippen LogP contribution in [0.1, 0.15) is 78.6 Å². The first-order valence-corrected chi connectivity index (χ1v) is 14.4. The first-order valence-electron chi connectivity index (χ1n) is 14.4. The predicted octanol–water partition coefficient (Wildman–Crippen LogP) is 3.06. The van der Waals surface area contributed by atoms with E-state index in [0.717, 1.165) is 71.0 Å². The largest absolute Gasteiger partial charge is 0.392 e. The zero-order valence-corrected chi connectivity index (χ0v) is 22.8. The zero-order valence-electron chi connectivity index (χ0n) is 22.8. The third-order valence-electron chi connectivity index (χ3n) is 10.2. The highest BCUT2D eigenvalue weighted by Gasteiger charge is 2.62. The summed E-state index contributed by atoms with van der Waals surface area (Å²) in [5.41, 5.74) is 17.1. The van der Waals surface area contributed by atoms with Gasteiger partial charge in [0.1, 0.15) is 0 Å². The van der Waals surface area contributed by atoms with E-state index in [9.17, 15) is 5.11 Å². The number of aliphatic hydroxyl groups is 1. The van der Waals surface area contributed by atoms with Gasteiger partial charge >= 0.3 is 0 Å². The van der Waals surface area contributed by atoms with Gasteiger partial charge in [-0.05, 0) is 107 Å². The van der Waals surface area contributed by atoms with Crippen LogP contribution in [0.25, 0.3) is 0 Å². The molecule has 0 radical (unpaired) electrons. The Balaban J connectivity index is 1.82. The van der Waals surface area contributed by atoms with Gasteiger partial charge in [-0.1, -0.05) is 20.8 Å². The molecule has 0 aromatic carbocycles. The van der Waals surface area contributed by atoms with Crippen LogP contribution in [0.2, 0.25) is 0 Å². The van der Waals surface area contributed by atoms with Crippen molar-refractivity contribution in [3.8, 4) is 0 Å². The molecule has 3 rings (SSSR count). The Labute approximate surface area is 214 Å². The number of ether oxygens (including phenoxy) is 3. The smallest absolute Gasteiger partial charge is 0.0659 e. The molecule has 206 valence electrons. The van der Waals surface area contributed by atoms with E-state index in [1.54, 1.807) is 0 Å². The van der Waals surface area contributed by atoms with Crippen molar-refractivity contribution in [3.05, 3.63) is 0 Å². The van der Waals surface area contributed by atoms with Crippen molar-refractivity contribution in [2.24, 2.45) is 51.7 Å². The third kappa shape index (κ3) is 6.42. The highest BCUT2D eigenvalue weighted by molar-refractivity contribution is 5.11. The Kier molecular flexibility index (Phi) is 11.3. The minimum Gasteiger partial charge on any atom is -0.392 e. The van der Waals surface area contributed by atoms with Crippen LogP contribution in [0.15, 0.2) is 0 Å². The second-order valence-electron chi connectivity index (χ2n) is 12.1. The maximum Gasteiger partial charge on any atom is 0.0659 e. The van der Waals surface area contributed by atoms with Crippen LogP contribution in [-0.4, -0.2) is 69.5 Å². The summed E-state index contributed by atoms with van der Waals surface area (Å²) >= 11 is 0. The molecule has 9 atom stereocenters. The van der Waals surface area contributed by atoms with E-state index in [2.05, 4.69) is 20.8 Å². The topological polar surface area (TPSA) is 126 Å². The zero-order chi connectivity index (χ0) is 25.5. The Morgan fingerprint density at radius 2 is 1.49 bits per heavy atom. The fourth-order valence-corrected chi connectivity index (χ4v) is 7.76. The van der Waals surface area contributed by atoms with E-state index in [4.69, 9.17) is 31.4 Å². The van der Waals surface area contributed by atoms with Gasteiger partial charge < -0.3 is 36.5 Å². The average molecular weight is 498 g/mol. The van der Waals surface area contributed by atoms with Gasteiger partial charge in [0.2, 0.25) is 0 Å². The number of nitrogens with two attached hydrogens (primary N) is 3. The molecule has 3 unspecified atom stereocenters. The fraction of sp³-hybridized carbons (Fsp3) is 1.00. The number of rotatable bonds is 14. The molecule has 0 aliphatic heterocycles. The summed E-state index contributed by atoms with van der Waals surface area (Å²) in [6.45, 7) is 12.1. The fourth-order valence-electron chi connectivity index (χ4n) is 7.76. The van der Waals surface area contributed by atoms with Gasteiger partial charge in [0, 0.05) is 31.8 Å². The molecule has 0 spiro atoms. The SMILES string of the molecule is CC1C[C@H](OCCCN)CC[C@]1(C)[C@H]1C[C@H](OCCCN)C2(C)[C@@H](O)CC[C@H]2C1COCCCN. The molecule has 0 aromatic rings. The summed E-state index contributed by atoms with van der Waals surface area (Å²) in [5.74, 6) is 1.87. The van der Waals surface area contributed by atoms with E-state index in [0.29, 0.717) is 62.6 Å². The summed E-state index contributed by atoms with van der Waals surface area (Å²) < 4.78 is 19.0. The first-order chi connectivity index (χ1) is 16.8. The van der Waals surface area contributed by atoms with E-state index in [-0.39, 0.29) is 23.0 Å². The van der Waals surface area contributed by atoms with Gasteiger partial charge in [-0.25, -0.2) is 0 Å². The molecule has 3 fully saturated rings. The molecule has 0 saturated heterocycles. The minimum absolute atomic E-state index is 0.0596. The maximum absolute atomic E-state index is 11.2. The van der Waals surface area contributed by atoms with E-state index in [1.807, 2.05) is 0 Å². The van der Waals surface area contributed by atoms with Crippen molar-refractivity contribution in [3.63, 3.8) is 0 Å². The van der Waals surface area contributed by atoms with Gasteiger partial charge in [-0.3, -0.25) is 0 Å². The Morgan fingerprint density at radius 1 is 0.829 bits per heavy atom. The summed E-state index contributed by atoms with van der Waals surface area (Å²) in [5, 5.41) is 11.2. The standard InChI is InChI=1S/C28H55N3O4/c1-20-17-21(34-15-5-12-30)9-10-27(20,2)24-18-26(35-16-6-13-31)28(3)23(7-8-25(28)32)22(24)19-33-14-4-11-29/h20-26,32H,4-19,29-31H2,1-3H3/t20?,21-,22?,23+,24+,25+,26+,27+,28?/m1/s1. The number of aliphatic hydroxyl groups excluding tert-OH is 1. The van der Waals surface area contributed by atoms with Crippen molar-refractivity contribution >= 4 is 0 Å². The monoisotopic (exact) mass is 497 g/mol. The lowest BCUT2D eigenvalue weighted by Crippen LogP contribution is -2.58. The molecule has 7 heteroatoms. The van der Waals surface area contributed by atoms with Gasteiger partial charge in [-0.15, -0.1) is 0 Å². The Hall–Kier alpha value is -0.280. The summed E-state index contributed by atoms with van der Waals surface area (Å²) in [6.07, 6.45) is 9.00. The highest BCUT2D eigenvalue weighted by atomic mass is 16.5. The minimum atomic E-state index is -0.320. The lowest BCUT2D eigenvalue weighted by atomic mass is 9.49. The molecule has 0 amide bonds. The van der Waals surface area contributed by atoms with E-state index < -0.39 is 0 Å². The van der Waals surface area contributed by atoms with Gasteiger partial charge in [0.15, 0.2) is 0 Å². The molecular weight excluding hydrogens is 442 g/mol. The van der Waals surface area contributed by atoms with Crippen LogP contribution in [0, 0.1) is 34.5 Å². The van der Waals surface area contributed by atoms with E-state index in [1.165, 1.54) is 0 Å². The van der Waals surface area contributed by atoms with Crippen LogP contribution >= 0.6 is 0 Å². The Morgan fingerprint density at radius 3 is 2.14 bits per heavy atom. The van der Waals surface area contributed by atoms with Crippen molar-refractivity contribution in [1.29, 1.82) is 0 Å². The van der Waals surface area contributed by atoms with E-state index >= 15 is 0 Å². The normalized spacial score (nSPS) is 41.7. The predicted molar refractivity (Wildman–Crippen MR) is 141 cm³/mol. The van der Waals surface area contributed by atoms with Crippen molar-refractivity contribution in [2.75, 3.05) is 46.1 Å². The summed E-state index contributed by atoms with van der Waals surface area (Å²) in [6, 6.07) is 0. The average Bonchev–Trinajstić information content (AvgIpc) is 3.15. The number of hydrogen-bond acceptors (Lipinski definition) is 7. The molecule has 0 heterocycles. The Bertz CT molecular complexity index is 625. The van der Waals surface area contributed by atoms with Crippen LogP contribution in [-0.2, 0) is 14.2 Å². The van der Waals surface area contributed by atoms with Crippen LogP contribution in [0.3, 0.4) is 0 Å². The summed E-state index contributed by atoms with van der Waals surface area (Å²) in [4.78, 5) is 0. The van der Waals surface area contributed by atoms with Crippen molar-refractivity contribution < 1.29 is 19.3 Å². The van der Waals surface area contributed by atoms with Crippen molar-refractivity contribution in [2.45, 2.75) is 96.9 Å². The molecule has 3 aliphatic rings. The number of fused-ring (bicyclic) bond motifs is 1. The quantitative estimate of drug-likeness (QED) is 0.272. The van der Waals surface area contributed by atoms with Gasteiger partial charge in [-0.2, -0.15) is 0 Å². The third-order valence-corrected chi connectivity index (χ3v) is 10.2. The lowest BCUT2D eigenvalue weighted by Gasteiger charge is -2.59. The summed E-state index contributed by atoms with van der Waals surface area (Å²) in [7, 11) is 0. The van der Waals surface area contributed by atoms with Crippen LogP contribution < -0.4 is 17.2 Å². The van der Waals surface area contributed by atoms with Crippen LogP contribution in [0.4, 0.5) is 0 Å².